The zero-order valence-electron chi connectivity index (χ0n) is 14.5. The van der Waals surface area contributed by atoms with Crippen LogP contribution in [0.1, 0.15) is 29.5 Å². The second-order valence-corrected chi connectivity index (χ2v) is 6.78. The molecule has 1 aromatic heterocycles. The Bertz CT molecular complexity index is 668. The number of nitrogens with one attached hydrogen (secondary N) is 1. The summed E-state index contributed by atoms with van der Waals surface area (Å²) in [6.45, 7) is 1.75. The number of hydrogen-bond acceptors (Lipinski definition) is 3. The number of aryl methyl sites for hydroxylation is 1. The van der Waals surface area contributed by atoms with Crippen molar-refractivity contribution in [3.8, 4) is 0 Å². The molecule has 0 unspecified atom stereocenters. The summed E-state index contributed by atoms with van der Waals surface area (Å²) in [6.07, 6.45) is 7.08. The predicted molar refractivity (Wildman–Crippen MR) is 94.6 cm³/mol. The third-order valence-electron chi connectivity index (χ3n) is 4.94. The van der Waals surface area contributed by atoms with Crippen molar-refractivity contribution in [3.05, 3.63) is 53.3 Å². The van der Waals surface area contributed by atoms with Crippen molar-refractivity contribution in [1.29, 1.82) is 0 Å². The molecule has 1 aromatic carbocycles. The van der Waals surface area contributed by atoms with E-state index in [0.717, 1.165) is 37.9 Å². The van der Waals surface area contributed by atoms with Crippen LogP contribution in [0.3, 0.4) is 0 Å². The lowest BCUT2D eigenvalue weighted by atomic mass is 9.94. The highest BCUT2D eigenvalue weighted by atomic mass is 16.2. The minimum absolute atomic E-state index is 0.228. The van der Waals surface area contributed by atoms with Crippen LogP contribution in [0, 0.1) is 0 Å². The smallest absolute Gasteiger partial charge is 0.222 e. The summed E-state index contributed by atoms with van der Waals surface area (Å²) in [5, 5.41) is 6.74. The number of amides is 1. The van der Waals surface area contributed by atoms with Gasteiger partial charge in [0.2, 0.25) is 5.91 Å². The van der Waals surface area contributed by atoms with E-state index in [2.05, 4.69) is 46.4 Å². The molecule has 0 fully saturated rings. The summed E-state index contributed by atoms with van der Waals surface area (Å²) < 4.78 is 0. The van der Waals surface area contributed by atoms with Crippen LogP contribution in [0.4, 0.5) is 0 Å². The number of H-pyrrole nitrogens is 1. The van der Waals surface area contributed by atoms with Crippen LogP contribution in [0.2, 0.25) is 0 Å². The zero-order chi connectivity index (χ0) is 16.9. The van der Waals surface area contributed by atoms with Gasteiger partial charge >= 0.3 is 0 Å². The number of fused-ring (bicyclic) bond motifs is 1. The minimum atomic E-state index is 0.228. The Morgan fingerprint density at radius 1 is 1.38 bits per heavy atom. The molecule has 0 radical (unpaired) electrons. The molecular weight excluding hydrogens is 300 g/mol. The van der Waals surface area contributed by atoms with Crippen LogP contribution < -0.4 is 0 Å². The van der Waals surface area contributed by atoms with Gasteiger partial charge in [-0.2, -0.15) is 5.10 Å². The SMILES string of the molecule is CN(C[C@@H]1Cc2ccccc2CN1C)C(=O)CCCc1cn[nH]c1. The number of aromatic nitrogens is 2. The lowest BCUT2D eigenvalue weighted by Crippen LogP contribution is -2.46. The summed E-state index contributed by atoms with van der Waals surface area (Å²) in [5.41, 5.74) is 3.99. The van der Waals surface area contributed by atoms with Crippen molar-refractivity contribution >= 4 is 5.91 Å². The fourth-order valence-corrected chi connectivity index (χ4v) is 3.39. The van der Waals surface area contributed by atoms with Gasteiger partial charge in [0.05, 0.1) is 6.20 Å². The molecule has 128 valence electrons. The van der Waals surface area contributed by atoms with E-state index in [0.29, 0.717) is 12.5 Å². The second-order valence-electron chi connectivity index (χ2n) is 6.78. The molecule has 2 heterocycles. The second kappa shape index (κ2) is 7.62. The molecule has 0 aliphatic carbocycles. The first-order valence-electron chi connectivity index (χ1n) is 8.62. The van der Waals surface area contributed by atoms with Crippen molar-refractivity contribution in [2.24, 2.45) is 0 Å². The number of rotatable bonds is 6. The van der Waals surface area contributed by atoms with Crippen molar-refractivity contribution in [2.75, 3.05) is 20.6 Å². The first-order chi connectivity index (χ1) is 11.6. The molecule has 3 rings (SSSR count). The standard InChI is InChI=1S/C19H26N4O/c1-22-13-17-8-4-3-7-16(17)10-18(22)14-23(2)19(24)9-5-6-15-11-20-21-12-15/h3-4,7-8,11-12,18H,5-6,9-10,13-14H2,1-2H3,(H,20,21)/t18-/m0/s1. The lowest BCUT2D eigenvalue weighted by molar-refractivity contribution is -0.130. The molecule has 24 heavy (non-hydrogen) atoms. The molecule has 1 amide bonds. The molecule has 1 atom stereocenters. The predicted octanol–water partition coefficient (Wildman–Crippen LogP) is 2.25. The maximum Gasteiger partial charge on any atom is 0.222 e. The number of benzene rings is 1. The Morgan fingerprint density at radius 2 is 2.17 bits per heavy atom. The highest BCUT2D eigenvalue weighted by molar-refractivity contribution is 5.75. The van der Waals surface area contributed by atoms with Crippen molar-refractivity contribution in [1.82, 2.24) is 20.0 Å². The third-order valence-corrected chi connectivity index (χ3v) is 4.94. The highest BCUT2D eigenvalue weighted by Crippen LogP contribution is 2.22. The van der Waals surface area contributed by atoms with Gasteiger partial charge in [-0.3, -0.25) is 14.8 Å². The van der Waals surface area contributed by atoms with Crippen LogP contribution in [-0.4, -0.2) is 52.6 Å². The Labute approximate surface area is 143 Å². The first kappa shape index (κ1) is 16.7. The van der Waals surface area contributed by atoms with E-state index in [1.54, 1.807) is 0 Å². The van der Waals surface area contributed by atoms with Gasteiger partial charge in [0.25, 0.3) is 0 Å². The van der Waals surface area contributed by atoms with Crippen LogP contribution in [0.15, 0.2) is 36.7 Å². The third kappa shape index (κ3) is 4.03. The number of hydrogen-bond donors (Lipinski definition) is 1. The van der Waals surface area contributed by atoms with Gasteiger partial charge < -0.3 is 4.90 Å². The Hall–Kier alpha value is -2.14. The molecule has 0 saturated heterocycles. The number of nitrogens with zero attached hydrogens (tertiary/aromatic N) is 3. The fraction of sp³-hybridized carbons (Fsp3) is 0.474. The Kier molecular flexibility index (Phi) is 5.30. The summed E-state index contributed by atoms with van der Waals surface area (Å²) in [5.74, 6) is 0.228. The van der Waals surface area contributed by atoms with Crippen LogP contribution >= 0.6 is 0 Å². The van der Waals surface area contributed by atoms with Gasteiger partial charge in [-0.1, -0.05) is 24.3 Å². The molecular formula is C19H26N4O. The van der Waals surface area contributed by atoms with Crippen molar-refractivity contribution in [2.45, 2.75) is 38.3 Å². The van der Waals surface area contributed by atoms with Gasteiger partial charge in [-0.25, -0.2) is 0 Å². The molecule has 0 spiro atoms. The molecule has 0 bridgehead atoms. The van der Waals surface area contributed by atoms with Gasteiger partial charge in [0, 0.05) is 38.8 Å². The quantitative estimate of drug-likeness (QED) is 0.886. The molecule has 1 N–H and O–H groups in total. The summed E-state index contributed by atoms with van der Waals surface area (Å²) in [4.78, 5) is 16.6. The van der Waals surface area contributed by atoms with Crippen LogP contribution in [0.25, 0.3) is 0 Å². The summed E-state index contributed by atoms with van der Waals surface area (Å²) >= 11 is 0. The van der Waals surface area contributed by atoms with Crippen molar-refractivity contribution < 1.29 is 4.79 Å². The summed E-state index contributed by atoms with van der Waals surface area (Å²) in [7, 11) is 4.08. The largest absolute Gasteiger partial charge is 0.344 e. The maximum atomic E-state index is 12.4. The first-order valence-corrected chi connectivity index (χ1v) is 8.62. The van der Waals surface area contributed by atoms with E-state index in [-0.39, 0.29) is 5.91 Å². The number of aromatic amines is 1. The van der Waals surface area contributed by atoms with E-state index in [1.165, 1.54) is 11.1 Å². The molecule has 5 nitrogen and oxygen atoms in total. The number of likely N-dealkylation sites (N-methyl/N-ethyl adjacent to an activating group) is 2. The molecule has 1 aliphatic heterocycles. The Balaban J connectivity index is 1.49. The highest BCUT2D eigenvalue weighted by Gasteiger charge is 2.25. The van der Waals surface area contributed by atoms with Crippen molar-refractivity contribution in [3.63, 3.8) is 0 Å². The van der Waals surface area contributed by atoms with Crippen LogP contribution in [-0.2, 0) is 24.2 Å². The van der Waals surface area contributed by atoms with Crippen LogP contribution in [0.5, 0.6) is 0 Å². The average Bonchev–Trinajstić information content (AvgIpc) is 3.08. The molecule has 0 saturated carbocycles. The monoisotopic (exact) mass is 326 g/mol. The van der Waals surface area contributed by atoms with E-state index >= 15 is 0 Å². The number of carbonyl (C=O) groups is 1. The lowest BCUT2D eigenvalue weighted by Gasteiger charge is -2.36. The van der Waals surface area contributed by atoms with E-state index in [9.17, 15) is 4.79 Å². The number of carbonyl (C=O) groups excluding carboxylic acids is 1. The molecule has 1 aliphatic rings. The maximum absolute atomic E-state index is 12.4. The zero-order valence-corrected chi connectivity index (χ0v) is 14.5. The molecule has 5 heteroatoms. The van der Waals surface area contributed by atoms with Gasteiger partial charge in [0.15, 0.2) is 0 Å². The average molecular weight is 326 g/mol. The minimum Gasteiger partial charge on any atom is -0.344 e. The Morgan fingerprint density at radius 3 is 2.92 bits per heavy atom. The summed E-state index contributed by atoms with van der Waals surface area (Å²) in [6, 6.07) is 9.01. The normalized spacial score (nSPS) is 17.5. The topological polar surface area (TPSA) is 52.2 Å². The van der Waals surface area contributed by atoms with E-state index < -0.39 is 0 Å². The van der Waals surface area contributed by atoms with E-state index in [4.69, 9.17) is 0 Å². The van der Waals surface area contributed by atoms with Gasteiger partial charge in [-0.05, 0) is 43.0 Å². The van der Waals surface area contributed by atoms with Gasteiger partial charge in [-0.15, -0.1) is 0 Å². The fourth-order valence-electron chi connectivity index (χ4n) is 3.39. The molecule has 2 aromatic rings. The van der Waals surface area contributed by atoms with Gasteiger partial charge in [0.1, 0.15) is 0 Å². The van der Waals surface area contributed by atoms with E-state index in [1.807, 2.05) is 24.3 Å².